The molecule has 1 aliphatic carbocycles. The Morgan fingerprint density at radius 3 is 2.47 bits per heavy atom. The maximum atomic E-state index is 10.2. The number of nitrogens with zero attached hydrogens (tertiary/aromatic N) is 1. The van der Waals surface area contributed by atoms with Gasteiger partial charge in [0.2, 0.25) is 0 Å². The molecule has 2 aliphatic rings. The number of rotatable bonds is 5. The molecule has 1 heterocycles. The summed E-state index contributed by atoms with van der Waals surface area (Å²) in [5.74, 6) is 0.908. The minimum absolute atomic E-state index is 0.0941. The average molecular weight is 268 g/mol. The molecule has 0 aromatic rings. The second-order valence-electron chi connectivity index (χ2n) is 7.53. The smallest absolute Gasteiger partial charge is 0.0791 e. The fraction of sp³-hybridized carbons (Fsp3) is 1.00. The van der Waals surface area contributed by atoms with Crippen LogP contribution in [-0.2, 0) is 0 Å². The van der Waals surface area contributed by atoms with E-state index in [1.54, 1.807) is 0 Å². The van der Waals surface area contributed by atoms with Crippen LogP contribution in [0.15, 0.2) is 0 Å². The van der Waals surface area contributed by atoms with Crippen molar-refractivity contribution < 1.29 is 5.11 Å². The Hall–Kier alpha value is -0.120. The summed E-state index contributed by atoms with van der Waals surface area (Å²) in [6.45, 7) is 9.19. The van der Waals surface area contributed by atoms with Crippen molar-refractivity contribution in [2.75, 3.05) is 19.6 Å². The standard InChI is InChI=1S/C16H32N2O/c1-16(2,3)17-11-14(19)12-18-10-6-9-15(18)13-7-4-5-8-13/h13-15,17,19H,4-12H2,1-3H3. The minimum Gasteiger partial charge on any atom is -0.390 e. The van der Waals surface area contributed by atoms with Gasteiger partial charge in [0.1, 0.15) is 0 Å². The molecule has 0 amide bonds. The highest BCUT2D eigenvalue weighted by molar-refractivity contribution is 4.88. The number of aliphatic hydroxyl groups is 1. The largest absolute Gasteiger partial charge is 0.390 e. The normalized spacial score (nSPS) is 28.1. The molecular formula is C16H32N2O. The number of likely N-dealkylation sites (tertiary alicyclic amines) is 1. The third kappa shape index (κ3) is 4.73. The Morgan fingerprint density at radius 2 is 1.84 bits per heavy atom. The Labute approximate surface area is 118 Å². The van der Waals surface area contributed by atoms with Gasteiger partial charge < -0.3 is 10.4 Å². The highest BCUT2D eigenvalue weighted by Gasteiger charge is 2.33. The summed E-state index contributed by atoms with van der Waals surface area (Å²) in [5.41, 5.74) is 0.0941. The predicted molar refractivity (Wildman–Crippen MR) is 80.3 cm³/mol. The zero-order chi connectivity index (χ0) is 13.9. The van der Waals surface area contributed by atoms with Gasteiger partial charge in [0.25, 0.3) is 0 Å². The van der Waals surface area contributed by atoms with Crippen LogP contribution in [-0.4, -0.2) is 47.3 Å². The van der Waals surface area contributed by atoms with Crippen LogP contribution in [0.25, 0.3) is 0 Å². The van der Waals surface area contributed by atoms with Crippen molar-refractivity contribution in [1.29, 1.82) is 0 Å². The van der Waals surface area contributed by atoms with Crippen LogP contribution < -0.4 is 5.32 Å². The van der Waals surface area contributed by atoms with Crippen LogP contribution in [0.2, 0.25) is 0 Å². The number of hydrogen-bond donors (Lipinski definition) is 2. The maximum Gasteiger partial charge on any atom is 0.0791 e. The van der Waals surface area contributed by atoms with Crippen molar-refractivity contribution in [3.63, 3.8) is 0 Å². The number of hydrogen-bond acceptors (Lipinski definition) is 3. The molecule has 112 valence electrons. The van der Waals surface area contributed by atoms with Crippen molar-refractivity contribution in [2.45, 2.75) is 77.0 Å². The van der Waals surface area contributed by atoms with Crippen LogP contribution in [0.5, 0.6) is 0 Å². The molecule has 2 fully saturated rings. The molecule has 1 saturated heterocycles. The Bertz CT molecular complexity index is 268. The van der Waals surface area contributed by atoms with Gasteiger partial charge in [0, 0.05) is 24.7 Å². The lowest BCUT2D eigenvalue weighted by Crippen LogP contribution is -2.46. The average Bonchev–Trinajstić information content (AvgIpc) is 2.94. The van der Waals surface area contributed by atoms with Crippen LogP contribution in [0.4, 0.5) is 0 Å². The molecule has 3 nitrogen and oxygen atoms in total. The van der Waals surface area contributed by atoms with Crippen molar-refractivity contribution in [1.82, 2.24) is 10.2 Å². The monoisotopic (exact) mass is 268 g/mol. The topological polar surface area (TPSA) is 35.5 Å². The van der Waals surface area contributed by atoms with E-state index in [0.717, 1.165) is 18.5 Å². The van der Waals surface area contributed by atoms with Crippen molar-refractivity contribution in [2.24, 2.45) is 5.92 Å². The fourth-order valence-corrected chi connectivity index (χ4v) is 3.71. The van der Waals surface area contributed by atoms with Gasteiger partial charge in [0.15, 0.2) is 0 Å². The first-order chi connectivity index (χ1) is 8.96. The molecule has 1 saturated carbocycles. The van der Waals surface area contributed by atoms with E-state index in [4.69, 9.17) is 0 Å². The summed E-state index contributed by atoms with van der Waals surface area (Å²) >= 11 is 0. The van der Waals surface area contributed by atoms with E-state index in [1.165, 1.54) is 45.1 Å². The summed E-state index contributed by atoms with van der Waals surface area (Å²) in [6, 6.07) is 0.756. The fourth-order valence-electron chi connectivity index (χ4n) is 3.71. The van der Waals surface area contributed by atoms with Crippen LogP contribution >= 0.6 is 0 Å². The summed E-state index contributed by atoms with van der Waals surface area (Å²) in [5, 5.41) is 13.6. The third-order valence-electron chi connectivity index (χ3n) is 4.67. The van der Waals surface area contributed by atoms with Crippen LogP contribution in [0.1, 0.15) is 59.3 Å². The van der Waals surface area contributed by atoms with Crippen LogP contribution in [0, 0.1) is 5.92 Å². The lowest BCUT2D eigenvalue weighted by molar-refractivity contribution is 0.0843. The van der Waals surface area contributed by atoms with Gasteiger partial charge in [-0.05, 0) is 58.9 Å². The van der Waals surface area contributed by atoms with Crippen molar-refractivity contribution in [3.05, 3.63) is 0 Å². The number of aliphatic hydroxyl groups excluding tert-OH is 1. The van der Waals surface area contributed by atoms with Crippen LogP contribution in [0.3, 0.4) is 0 Å². The SMILES string of the molecule is CC(C)(C)NCC(O)CN1CCCC1C1CCCC1. The molecule has 0 radical (unpaired) electrons. The third-order valence-corrected chi connectivity index (χ3v) is 4.67. The van der Waals surface area contributed by atoms with Gasteiger partial charge in [-0.2, -0.15) is 0 Å². The first kappa shape index (κ1) is 15.3. The molecule has 0 spiro atoms. The van der Waals surface area contributed by atoms with Gasteiger partial charge >= 0.3 is 0 Å². The zero-order valence-corrected chi connectivity index (χ0v) is 13.0. The molecule has 2 unspecified atom stereocenters. The van der Waals surface area contributed by atoms with E-state index in [0.29, 0.717) is 6.54 Å². The molecule has 2 rings (SSSR count). The first-order valence-electron chi connectivity index (χ1n) is 8.13. The molecule has 3 heteroatoms. The summed E-state index contributed by atoms with van der Waals surface area (Å²) < 4.78 is 0. The molecule has 0 aromatic carbocycles. The van der Waals surface area contributed by atoms with E-state index in [-0.39, 0.29) is 11.6 Å². The van der Waals surface area contributed by atoms with E-state index in [1.807, 2.05) is 0 Å². The molecule has 1 aliphatic heterocycles. The second-order valence-corrected chi connectivity index (χ2v) is 7.53. The van der Waals surface area contributed by atoms with Gasteiger partial charge in [-0.15, -0.1) is 0 Å². The number of β-amino-alcohol motifs (C(OH)–C–C–N with tert-alkyl or cyclic N) is 1. The molecule has 0 aromatic heterocycles. The number of nitrogens with one attached hydrogen (secondary N) is 1. The van der Waals surface area contributed by atoms with E-state index in [9.17, 15) is 5.11 Å². The molecule has 2 N–H and O–H groups in total. The Balaban J connectivity index is 1.77. The lowest BCUT2D eigenvalue weighted by atomic mass is 9.96. The predicted octanol–water partition coefficient (Wildman–Crippen LogP) is 2.39. The summed E-state index contributed by atoms with van der Waals surface area (Å²) in [7, 11) is 0. The highest BCUT2D eigenvalue weighted by atomic mass is 16.3. The lowest BCUT2D eigenvalue weighted by Gasteiger charge is -2.32. The van der Waals surface area contributed by atoms with Gasteiger partial charge in [-0.3, -0.25) is 4.90 Å². The quantitative estimate of drug-likeness (QED) is 0.803. The van der Waals surface area contributed by atoms with E-state index in [2.05, 4.69) is 31.0 Å². The van der Waals surface area contributed by atoms with Gasteiger partial charge in [0.05, 0.1) is 6.10 Å². The molecule has 2 atom stereocenters. The molecule has 19 heavy (non-hydrogen) atoms. The highest BCUT2D eigenvalue weighted by Crippen LogP contribution is 2.35. The maximum absolute atomic E-state index is 10.2. The van der Waals surface area contributed by atoms with Gasteiger partial charge in [-0.25, -0.2) is 0 Å². The minimum atomic E-state index is -0.235. The van der Waals surface area contributed by atoms with Crippen molar-refractivity contribution in [3.8, 4) is 0 Å². The summed E-state index contributed by atoms with van der Waals surface area (Å²) in [6.07, 6.45) is 8.10. The van der Waals surface area contributed by atoms with Gasteiger partial charge in [-0.1, -0.05) is 12.8 Å². The van der Waals surface area contributed by atoms with E-state index >= 15 is 0 Å². The Kier molecular flexibility index (Phi) is 5.27. The summed E-state index contributed by atoms with van der Waals surface area (Å²) in [4.78, 5) is 2.56. The van der Waals surface area contributed by atoms with E-state index < -0.39 is 0 Å². The van der Waals surface area contributed by atoms with Crippen molar-refractivity contribution >= 4 is 0 Å². The molecular weight excluding hydrogens is 236 g/mol. The first-order valence-corrected chi connectivity index (χ1v) is 8.13. The second kappa shape index (κ2) is 6.55. The Morgan fingerprint density at radius 1 is 1.16 bits per heavy atom. The molecule has 0 bridgehead atoms. The zero-order valence-electron chi connectivity index (χ0n) is 13.0.